The maximum absolute atomic E-state index is 13.5. The molecule has 0 spiro atoms. The minimum absolute atomic E-state index is 0.0168. The number of aliphatic hydroxyl groups is 3. The summed E-state index contributed by atoms with van der Waals surface area (Å²) < 4.78 is 47.7. The van der Waals surface area contributed by atoms with Crippen molar-refractivity contribution in [2.24, 2.45) is 5.41 Å². The van der Waals surface area contributed by atoms with Crippen LogP contribution in [0.5, 0.6) is 0 Å². The first-order chi connectivity index (χ1) is 28.7. The summed E-state index contributed by atoms with van der Waals surface area (Å²) in [5, 5.41) is 34.1. The third kappa shape index (κ3) is 15.3. The first kappa shape index (κ1) is 49.5. The van der Waals surface area contributed by atoms with Crippen molar-refractivity contribution in [1.29, 1.82) is 0 Å². The molecule has 0 aromatic heterocycles. The van der Waals surface area contributed by atoms with Gasteiger partial charge >= 0.3 is 23.9 Å². The second-order valence-electron chi connectivity index (χ2n) is 17.1. The molecule has 0 aliphatic carbocycles. The Balaban J connectivity index is 1.72. The summed E-state index contributed by atoms with van der Waals surface area (Å²) in [5.41, 5.74) is -1.21. The highest BCUT2D eigenvalue weighted by Crippen LogP contribution is 2.47. The molecule has 0 aromatic rings. The summed E-state index contributed by atoms with van der Waals surface area (Å²) in [6.45, 7) is 8.80. The van der Waals surface area contributed by atoms with Crippen molar-refractivity contribution in [2.75, 3.05) is 20.3 Å². The highest BCUT2D eigenvalue weighted by molar-refractivity contribution is 5.83. The minimum Gasteiger partial charge on any atom is -0.466 e. The fraction of sp³-hybridized carbons (Fsp3) is 0.778. The molecule has 3 N–H and O–H groups in total. The smallest absolute Gasteiger partial charge is 0.330 e. The van der Waals surface area contributed by atoms with Crippen LogP contribution in [0.15, 0.2) is 36.5 Å². The molecule has 1 unspecified atom stereocenters. The van der Waals surface area contributed by atoms with Crippen LogP contribution >= 0.6 is 0 Å². The largest absolute Gasteiger partial charge is 0.466 e. The molecule has 0 saturated carbocycles. The van der Waals surface area contributed by atoms with E-state index in [0.29, 0.717) is 38.5 Å². The van der Waals surface area contributed by atoms with Crippen LogP contribution in [-0.2, 0) is 57.1 Å². The van der Waals surface area contributed by atoms with Gasteiger partial charge in [0.2, 0.25) is 5.79 Å². The first-order valence-electron chi connectivity index (χ1n) is 22.0. The summed E-state index contributed by atoms with van der Waals surface area (Å²) in [4.78, 5) is 52.3. The quantitative estimate of drug-likeness (QED) is 0.0604. The molecule has 0 amide bonds. The molecular weight excluding hydrogens is 780 g/mol. The lowest BCUT2D eigenvalue weighted by Gasteiger charge is -2.51. The predicted octanol–water partition coefficient (Wildman–Crippen LogP) is 5.59. The number of cyclic esters (lactones) is 1. The van der Waals surface area contributed by atoms with Crippen LogP contribution < -0.4 is 0 Å². The average molecular weight is 851 g/mol. The van der Waals surface area contributed by atoms with Gasteiger partial charge in [0.1, 0.15) is 6.10 Å². The molecule has 60 heavy (non-hydrogen) atoms. The molecule has 0 aromatic carbocycles. The van der Waals surface area contributed by atoms with Crippen LogP contribution in [0.25, 0.3) is 0 Å². The number of hydrogen-bond donors (Lipinski definition) is 3. The van der Waals surface area contributed by atoms with Crippen LogP contribution in [0, 0.1) is 5.41 Å². The molecule has 15 nitrogen and oxygen atoms in total. The summed E-state index contributed by atoms with van der Waals surface area (Å²) in [5.74, 6) is -4.84. The number of carbonyl (C=O) groups excluding carboxylic acids is 4. The van der Waals surface area contributed by atoms with E-state index in [1.807, 2.05) is 0 Å². The summed E-state index contributed by atoms with van der Waals surface area (Å²) in [6, 6.07) is 0. The van der Waals surface area contributed by atoms with E-state index in [1.54, 1.807) is 32.1 Å². The van der Waals surface area contributed by atoms with E-state index in [-0.39, 0.29) is 62.9 Å². The first-order valence-corrected chi connectivity index (χ1v) is 22.0. The number of methoxy groups -OCH3 is 1. The molecule has 4 rings (SSSR count). The van der Waals surface area contributed by atoms with Crippen molar-refractivity contribution in [3.63, 3.8) is 0 Å². The van der Waals surface area contributed by atoms with Gasteiger partial charge in [-0.2, -0.15) is 0 Å². The maximum Gasteiger partial charge on any atom is 0.330 e. The molecule has 10 atom stereocenters. The van der Waals surface area contributed by atoms with Crippen molar-refractivity contribution in [3.8, 4) is 0 Å². The lowest BCUT2D eigenvalue weighted by atomic mass is 9.74. The monoisotopic (exact) mass is 850 g/mol. The Hall–Kier alpha value is -3.18. The van der Waals surface area contributed by atoms with E-state index in [2.05, 4.69) is 13.5 Å². The number of unbranched alkanes of at least 4 members (excludes halogenated alkanes) is 5. The van der Waals surface area contributed by atoms with Gasteiger partial charge in [-0.15, -0.1) is 6.58 Å². The normalized spacial score (nSPS) is 33.8. The molecule has 340 valence electrons. The van der Waals surface area contributed by atoms with E-state index >= 15 is 0 Å². The Labute approximate surface area is 355 Å². The SMILES string of the molecule is C=CCCCOC(=O)C[C@H]1C[C@H]2C[C@H]3CCC[C@@H](C[C@@H](O)CC(=O)O[C@@H](CO)CC4C/C(=C\C(=O)OC)[C@H](OC(=O)CCCCCCC)[C@@](O)(O4)C(C)(C)/C=C/[C@H](O2)O1)O3. The van der Waals surface area contributed by atoms with Crippen LogP contribution in [0.4, 0.5) is 0 Å². The third-order valence-corrected chi connectivity index (χ3v) is 11.6. The molecule has 4 aliphatic heterocycles. The summed E-state index contributed by atoms with van der Waals surface area (Å²) in [6.07, 6.45) is 7.74. The Kier molecular flexibility index (Phi) is 20.2. The molecule has 0 radical (unpaired) electrons. The number of fused-ring (bicyclic) bond motifs is 6. The zero-order chi connectivity index (χ0) is 43.7. The van der Waals surface area contributed by atoms with Gasteiger partial charge in [0, 0.05) is 43.6 Å². The van der Waals surface area contributed by atoms with Crippen LogP contribution in [0.1, 0.15) is 136 Å². The molecule has 4 aliphatic rings. The van der Waals surface area contributed by atoms with Crippen molar-refractivity contribution in [1.82, 2.24) is 0 Å². The number of hydrogen-bond acceptors (Lipinski definition) is 15. The van der Waals surface area contributed by atoms with E-state index in [9.17, 15) is 34.5 Å². The zero-order valence-corrected chi connectivity index (χ0v) is 36.1. The summed E-state index contributed by atoms with van der Waals surface area (Å²) >= 11 is 0. The Morgan fingerprint density at radius 3 is 2.37 bits per heavy atom. The van der Waals surface area contributed by atoms with E-state index in [0.717, 1.165) is 44.6 Å². The second kappa shape index (κ2) is 24.5. The van der Waals surface area contributed by atoms with Crippen LogP contribution in [0.2, 0.25) is 0 Å². The Morgan fingerprint density at radius 1 is 0.917 bits per heavy atom. The van der Waals surface area contributed by atoms with Gasteiger partial charge in [0.15, 0.2) is 12.4 Å². The zero-order valence-electron chi connectivity index (χ0n) is 36.1. The number of esters is 4. The van der Waals surface area contributed by atoms with E-state index in [1.165, 1.54) is 7.11 Å². The highest BCUT2D eigenvalue weighted by Gasteiger charge is 2.57. The topological polar surface area (TPSA) is 203 Å². The predicted molar refractivity (Wildman–Crippen MR) is 218 cm³/mol. The molecule has 6 bridgehead atoms. The van der Waals surface area contributed by atoms with Gasteiger partial charge in [-0.25, -0.2) is 4.79 Å². The second-order valence-corrected chi connectivity index (χ2v) is 17.1. The number of aliphatic hydroxyl groups excluding tert-OH is 2. The molecular formula is C45H70O15. The van der Waals surface area contributed by atoms with Gasteiger partial charge in [-0.1, -0.05) is 58.6 Å². The number of ether oxygens (including phenoxy) is 8. The average Bonchev–Trinajstić information content (AvgIpc) is 3.19. The Bertz CT molecular complexity index is 1460. The lowest BCUT2D eigenvalue weighted by molar-refractivity contribution is -0.327. The standard InChI is InChI=1S/C45H70O15/c1-6-8-10-11-12-17-38(48)59-43-30(22-39(49)53-5)21-36-27-37(29-46)56-41(51)24-31(47)23-32-15-14-16-33(55-32)25-34-26-35(28-40(50)54-20-13-9-7-2)58-42(57-34)18-19-44(3,4)45(43,52)60-36/h7,18-19,22,31-37,42-43,46-47,52H,2,6,8-17,20-21,23-29H2,1,3-5H3/b19-18+,30-22+/t31-,32+,33-,34-,35-,36?,37-,42-,43+,45-/m1/s1. The number of rotatable bonds is 15. The van der Waals surface area contributed by atoms with Gasteiger partial charge < -0.3 is 53.2 Å². The maximum atomic E-state index is 13.5. The van der Waals surface area contributed by atoms with Gasteiger partial charge in [-0.3, -0.25) is 14.4 Å². The minimum atomic E-state index is -2.35. The van der Waals surface area contributed by atoms with Crippen molar-refractivity contribution >= 4 is 23.9 Å². The van der Waals surface area contributed by atoms with E-state index < -0.39 is 84.6 Å². The van der Waals surface area contributed by atoms with Crippen molar-refractivity contribution in [2.45, 2.75) is 197 Å². The van der Waals surface area contributed by atoms with E-state index in [4.69, 9.17) is 37.9 Å². The van der Waals surface area contributed by atoms with Crippen molar-refractivity contribution < 1.29 is 72.4 Å². The third-order valence-electron chi connectivity index (χ3n) is 11.6. The number of allylic oxidation sites excluding steroid dienone is 1. The number of carbonyl (C=O) groups is 4. The molecule has 3 fully saturated rings. The van der Waals surface area contributed by atoms with Gasteiger partial charge in [0.25, 0.3) is 0 Å². The van der Waals surface area contributed by atoms with Crippen molar-refractivity contribution in [3.05, 3.63) is 36.5 Å². The van der Waals surface area contributed by atoms with Crippen LogP contribution in [0.3, 0.4) is 0 Å². The van der Waals surface area contributed by atoms with Gasteiger partial charge in [0.05, 0.1) is 69.8 Å². The summed E-state index contributed by atoms with van der Waals surface area (Å²) in [7, 11) is 1.20. The highest BCUT2D eigenvalue weighted by atomic mass is 16.7. The lowest BCUT2D eigenvalue weighted by Crippen LogP contribution is -2.62. The Morgan fingerprint density at radius 2 is 1.65 bits per heavy atom. The van der Waals surface area contributed by atoms with Gasteiger partial charge in [-0.05, 0) is 56.6 Å². The molecule has 4 heterocycles. The fourth-order valence-electron chi connectivity index (χ4n) is 8.34. The van der Waals surface area contributed by atoms with Crippen LogP contribution in [-0.4, -0.2) is 120 Å². The molecule has 3 saturated heterocycles. The fourth-order valence-corrected chi connectivity index (χ4v) is 8.34. The molecule has 15 heteroatoms.